The van der Waals surface area contributed by atoms with Crippen LogP contribution in [-0.2, 0) is 17.2 Å². The maximum Gasteiger partial charge on any atom is 0.0498 e. The number of likely N-dealkylation sites (N-methyl/N-ethyl adjacent to an activating group) is 1. The smallest absolute Gasteiger partial charge is 0.0498 e. The van der Waals surface area contributed by atoms with E-state index in [4.69, 9.17) is 8.22 Å². The van der Waals surface area contributed by atoms with Crippen molar-refractivity contribution in [1.82, 2.24) is 9.88 Å². The largest absolute Gasteiger partial charge is 0.358 e. The molecular formula is C16H22N2OS. The Morgan fingerprint density at radius 2 is 2.45 bits per heavy atom. The first kappa shape index (κ1) is 8.35. The van der Waals surface area contributed by atoms with Crippen molar-refractivity contribution in [2.24, 2.45) is 0 Å². The Bertz CT molecular complexity index is 842. The highest BCUT2D eigenvalue weighted by molar-refractivity contribution is 7.84. The zero-order chi connectivity index (χ0) is 19.3. The molecule has 0 saturated carbocycles. The molecule has 1 aromatic carbocycles. The Hall–Kier alpha value is -1.13. The first-order chi connectivity index (χ1) is 12.0. The Balaban J connectivity index is 2.10. The molecule has 1 aliphatic rings. The third-order valence-corrected chi connectivity index (χ3v) is 4.94. The average Bonchev–Trinajstić information content (AvgIpc) is 3.11. The molecule has 0 aliphatic carbocycles. The number of nitrogens with zero attached hydrogens (tertiary/aromatic N) is 1. The number of aryl methyl sites for hydroxylation is 1. The first-order valence-corrected chi connectivity index (χ1v) is 8.29. The summed E-state index contributed by atoms with van der Waals surface area (Å²) in [7, 11) is -1.19. The van der Waals surface area contributed by atoms with Crippen molar-refractivity contribution < 1.29 is 12.4 Å². The standard InChI is InChI=1S/C16H22N2OS/c1-11-14(9-12-5-4-8-18(12)2)15-10-13(20(3)19)6-7-16(15)17-11/h6-7,10,12,17H,4-5,8-9H2,1-3H3/t12-,20?/m1/s1/i1D3,2D3. The Morgan fingerprint density at radius 1 is 1.55 bits per heavy atom. The van der Waals surface area contributed by atoms with Crippen molar-refractivity contribution in [2.45, 2.75) is 37.1 Å². The van der Waals surface area contributed by atoms with Gasteiger partial charge in [-0.25, -0.2) is 0 Å². The molecule has 1 N–H and O–H groups in total. The summed E-state index contributed by atoms with van der Waals surface area (Å²) >= 11 is 0. The average molecular weight is 296 g/mol. The highest BCUT2D eigenvalue weighted by atomic mass is 32.2. The predicted octanol–water partition coefficient (Wildman–Crippen LogP) is 2.85. The molecule has 1 unspecified atom stereocenters. The highest BCUT2D eigenvalue weighted by Gasteiger charge is 2.23. The fraction of sp³-hybridized carbons (Fsp3) is 0.500. The van der Waals surface area contributed by atoms with Gasteiger partial charge in [0.05, 0.1) is 0 Å². The van der Waals surface area contributed by atoms with E-state index >= 15 is 0 Å². The van der Waals surface area contributed by atoms with Crippen LogP contribution in [0.2, 0.25) is 0 Å². The van der Waals surface area contributed by atoms with Crippen LogP contribution in [0.3, 0.4) is 0 Å². The highest BCUT2D eigenvalue weighted by Crippen LogP contribution is 2.28. The van der Waals surface area contributed by atoms with E-state index < -0.39 is 24.6 Å². The van der Waals surface area contributed by atoms with Crippen molar-refractivity contribution in [3.05, 3.63) is 29.5 Å². The van der Waals surface area contributed by atoms with Gasteiger partial charge in [-0.2, -0.15) is 0 Å². The minimum absolute atomic E-state index is 0.143. The molecule has 1 saturated heterocycles. The third kappa shape index (κ3) is 2.42. The van der Waals surface area contributed by atoms with Crippen LogP contribution in [-0.4, -0.2) is 39.9 Å². The Labute approximate surface area is 131 Å². The first-order valence-electron chi connectivity index (χ1n) is 9.74. The minimum Gasteiger partial charge on any atom is -0.358 e. The topological polar surface area (TPSA) is 36.1 Å². The van der Waals surface area contributed by atoms with Crippen LogP contribution in [0, 0.1) is 6.85 Å². The second-order valence-electron chi connectivity index (χ2n) is 5.33. The van der Waals surface area contributed by atoms with Crippen molar-refractivity contribution in [3.63, 3.8) is 0 Å². The van der Waals surface area contributed by atoms with Crippen molar-refractivity contribution in [2.75, 3.05) is 19.8 Å². The van der Waals surface area contributed by atoms with E-state index in [1.165, 1.54) is 4.90 Å². The normalized spacial score (nSPS) is 27.4. The molecule has 2 atom stereocenters. The van der Waals surface area contributed by atoms with Crippen LogP contribution in [0.1, 0.15) is 32.3 Å². The van der Waals surface area contributed by atoms with Crippen LogP contribution >= 0.6 is 0 Å². The molecule has 4 heteroatoms. The van der Waals surface area contributed by atoms with E-state index in [1.54, 1.807) is 24.5 Å². The second-order valence-corrected chi connectivity index (χ2v) is 6.71. The summed E-state index contributed by atoms with van der Waals surface area (Å²) in [6, 6.07) is 4.97. The number of nitrogens with one attached hydrogen (secondary N) is 1. The zero-order valence-electron chi connectivity index (χ0n) is 17.4. The zero-order valence-corrected chi connectivity index (χ0v) is 12.2. The minimum atomic E-state index is -2.33. The molecular weight excluding hydrogens is 268 g/mol. The van der Waals surface area contributed by atoms with Gasteiger partial charge in [-0.05, 0) is 63.4 Å². The molecule has 0 bridgehead atoms. The van der Waals surface area contributed by atoms with Crippen LogP contribution in [0.4, 0.5) is 0 Å². The molecule has 2 aromatic rings. The van der Waals surface area contributed by atoms with Crippen molar-refractivity contribution in [3.8, 4) is 0 Å². The molecule has 1 aliphatic heterocycles. The number of hydrogen-bond donors (Lipinski definition) is 1. The fourth-order valence-corrected chi connectivity index (χ4v) is 3.44. The molecule has 3 nitrogen and oxygen atoms in total. The molecule has 3 rings (SSSR count). The van der Waals surface area contributed by atoms with Gasteiger partial charge in [0, 0.05) is 52.8 Å². The summed E-state index contributed by atoms with van der Waals surface area (Å²) in [5, 5.41) is 0.709. The number of aromatic nitrogens is 1. The number of aromatic amines is 1. The molecule has 0 amide bonds. The van der Waals surface area contributed by atoms with E-state index in [9.17, 15) is 4.21 Å². The molecule has 0 spiro atoms. The lowest BCUT2D eigenvalue weighted by Gasteiger charge is -2.19. The number of benzene rings is 1. The molecule has 108 valence electrons. The summed E-state index contributed by atoms with van der Waals surface area (Å²) in [5.41, 5.74) is 1.41. The van der Waals surface area contributed by atoms with Crippen LogP contribution < -0.4 is 0 Å². The molecule has 0 radical (unpaired) electrons. The van der Waals surface area contributed by atoms with Gasteiger partial charge in [0.25, 0.3) is 0 Å². The van der Waals surface area contributed by atoms with Gasteiger partial charge in [0.15, 0.2) is 0 Å². The fourth-order valence-electron chi connectivity index (χ4n) is 2.90. The van der Waals surface area contributed by atoms with Crippen molar-refractivity contribution >= 4 is 21.7 Å². The number of hydrogen-bond acceptors (Lipinski definition) is 2. The third-order valence-electron chi connectivity index (χ3n) is 4.03. The summed E-state index contributed by atoms with van der Waals surface area (Å²) in [4.78, 5) is 5.08. The number of H-pyrrole nitrogens is 1. The quantitative estimate of drug-likeness (QED) is 0.945. The Morgan fingerprint density at radius 3 is 3.20 bits per heavy atom. The SMILES string of the molecule is [2H]C([2H])([2H])c1[nH]c2ccc(S(C)=O)cc2c1C[C@H]1CCCN1C([2H])([2H])[2H]. The maximum atomic E-state index is 11.8. The number of likely N-dealkylation sites (tertiary alicyclic amines) is 1. The van der Waals surface area contributed by atoms with Crippen LogP contribution in [0.15, 0.2) is 23.1 Å². The van der Waals surface area contributed by atoms with Gasteiger partial charge in [0.2, 0.25) is 0 Å². The summed E-state index contributed by atoms with van der Waals surface area (Å²) in [6.07, 6.45) is 3.40. The number of rotatable bonds is 3. The molecule has 20 heavy (non-hydrogen) atoms. The van der Waals surface area contributed by atoms with Crippen LogP contribution in [0.25, 0.3) is 10.9 Å². The lowest BCUT2D eigenvalue weighted by Crippen LogP contribution is -2.26. The summed E-state index contributed by atoms with van der Waals surface area (Å²) in [6.45, 7) is -4.04. The second kappa shape index (κ2) is 5.34. The van der Waals surface area contributed by atoms with E-state index in [0.29, 0.717) is 40.7 Å². The molecule has 1 fully saturated rings. The molecule has 2 heterocycles. The van der Waals surface area contributed by atoms with E-state index in [2.05, 4.69) is 4.98 Å². The van der Waals surface area contributed by atoms with Gasteiger partial charge >= 0.3 is 0 Å². The van der Waals surface area contributed by atoms with E-state index in [-0.39, 0.29) is 11.7 Å². The van der Waals surface area contributed by atoms with Gasteiger partial charge in [0.1, 0.15) is 0 Å². The van der Waals surface area contributed by atoms with Crippen molar-refractivity contribution in [1.29, 1.82) is 0 Å². The van der Waals surface area contributed by atoms with Gasteiger partial charge in [-0.3, -0.25) is 4.21 Å². The summed E-state index contributed by atoms with van der Waals surface area (Å²) < 4.78 is 58.5. The van der Waals surface area contributed by atoms with Crippen LogP contribution in [0.5, 0.6) is 0 Å². The van der Waals surface area contributed by atoms with E-state index in [0.717, 1.165) is 6.42 Å². The van der Waals surface area contributed by atoms with E-state index in [1.807, 2.05) is 0 Å². The van der Waals surface area contributed by atoms with Gasteiger partial charge in [-0.15, -0.1) is 0 Å². The molecule has 1 aromatic heterocycles. The van der Waals surface area contributed by atoms with Gasteiger partial charge in [-0.1, -0.05) is 0 Å². The monoisotopic (exact) mass is 296 g/mol. The van der Waals surface area contributed by atoms with Gasteiger partial charge < -0.3 is 9.88 Å². The maximum absolute atomic E-state index is 11.8. The Kier molecular flexibility index (Phi) is 2.23. The summed E-state index contributed by atoms with van der Waals surface area (Å²) in [5.74, 6) is 0. The lowest BCUT2D eigenvalue weighted by molar-refractivity contribution is 0.309. The lowest BCUT2D eigenvalue weighted by atomic mass is 10.0. The predicted molar refractivity (Wildman–Crippen MR) is 84.7 cm³/mol. The number of fused-ring (bicyclic) bond motifs is 1.